The second-order valence-corrected chi connectivity index (χ2v) is 7.32. The Kier molecular flexibility index (Phi) is 8.37. The van der Waals surface area contributed by atoms with Gasteiger partial charge in [0.05, 0.1) is 19.0 Å². The molecule has 1 aromatic carbocycles. The van der Waals surface area contributed by atoms with Crippen molar-refractivity contribution in [3.05, 3.63) is 54.9 Å². The number of ether oxygens (including phenoxy) is 2. The maximum atomic E-state index is 12.8. The molecule has 0 saturated heterocycles. The van der Waals surface area contributed by atoms with Gasteiger partial charge in [0.15, 0.2) is 11.0 Å². The molecule has 0 bridgehead atoms. The lowest BCUT2D eigenvalue weighted by atomic mass is 10.2. The molecular weight excluding hydrogens is 402 g/mol. The van der Waals surface area contributed by atoms with E-state index in [1.165, 1.54) is 11.8 Å². The van der Waals surface area contributed by atoms with Gasteiger partial charge in [-0.05, 0) is 24.3 Å². The number of rotatable bonds is 11. The molecule has 3 rings (SSSR count). The highest BCUT2D eigenvalue weighted by molar-refractivity contribution is 7.99. The molecule has 0 saturated carbocycles. The largest absolute Gasteiger partial charge is 0.383 e. The van der Waals surface area contributed by atoms with Crippen LogP contribution in [0.1, 0.15) is 0 Å². The monoisotopic (exact) mass is 427 g/mol. The quantitative estimate of drug-likeness (QED) is 0.435. The highest BCUT2D eigenvalue weighted by Gasteiger charge is 2.19. The van der Waals surface area contributed by atoms with Gasteiger partial charge in [-0.15, -0.1) is 10.2 Å². The second-order valence-electron chi connectivity index (χ2n) is 6.37. The molecule has 0 unspecified atom stereocenters. The number of thioether (sulfide) groups is 1. The number of para-hydroxylation sites is 1. The molecule has 2 aromatic heterocycles. The number of carbonyl (C=O) groups is 1. The Morgan fingerprint density at radius 1 is 1.03 bits per heavy atom. The predicted octanol–water partition coefficient (Wildman–Crippen LogP) is 2.54. The van der Waals surface area contributed by atoms with Crippen LogP contribution in [0.5, 0.6) is 0 Å². The van der Waals surface area contributed by atoms with E-state index in [-0.39, 0.29) is 11.7 Å². The minimum absolute atomic E-state index is 0.000334. The Morgan fingerprint density at radius 3 is 2.40 bits per heavy atom. The van der Waals surface area contributed by atoms with Crippen LogP contribution < -0.4 is 0 Å². The Balaban J connectivity index is 1.82. The minimum atomic E-state index is -0.000334. The molecule has 9 heteroatoms. The molecule has 30 heavy (non-hydrogen) atoms. The van der Waals surface area contributed by atoms with Crippen molar-refractivity contribution >= 4 is 17.7 Å². The SMILES string of the molecule is COCCN(CCOC)C(=O)CSc1nnc(-c2cccnc2)n1-c1ccccc1. The second kappa shape index (κ2) is 11.4. The van der Waals surface area contributed by atoms with Crippen LogP contribution in [0.3, 0.4) is 0 Å². The summed E-state index contributed by atoms with van der Waals surface area (Å²) in [5.74, 6) is 0.922. The fraction of sp³-hybridized carbons (Fsp3) is 0.333. The van der Waals surface area contributed by atoms with Gasteiger partial charge in [-0.25, -0.2) is 0 Å². The molecule has 1 amide bonds. The molecule has 0 aliphatic rings. The van der Waals surface area contributed by atoms with Crippen molar-refractivity contribution in [1.82, 2.24) is 24.6 Å². The zero-order chi connectivity index (χ0) is 21.2. The lowest BCUT2D eigenvalue weighted by Crippen LogP contribution is -2.37. The van der Waals surface area contributed by atoms with Crippen molar-refractivity contribution in [3.63, 3.8) is 0 Å². The predicted molar refractivity (Wildman–Crippen MR) is 116 cm³/mol. The Bertz CT molecular complexity index is 913. The van der Waals surface area contributed by atoms with Gasteiger partial charge < -0.3 is 14.4 Å². The van der Waals surface area contributed by atoms with Gasteiger partial charge in [-0.3, -0.25) is 14.3 Å². The highest BCUT2D eigenvalue weighted by atomic mass is 32.2. The van der Waals surface area contributed by atoms with Crippen molar-refractivity contribution in [2.75, 3.05) is 46.3 Å². The van der Waals surface area contributed by atoms with Gasteiger partial charge in [0.1, 0.15) is 0 Å². The van der Waals surface area contributed by atoms with Gasteiger partial charge in [-0.1, -0.05) is 30.0 Å². The first-order chi connectivity index (χ1) is 14.7. The number of hydrogen-bond acceptors (Lipinski definition) is 7. The normalized spacial score (nSPS) is 10.9. The summed E-state index contributed by atoms with van der Waals surface area (Å²) in [5, 5.41) is 9.37. The first kappa shape index (κ1) is 21.9. The Labute approximate surface area is 180 Å². The zero-order valence-corrected chi connectivity index (χ0v) is 17.9. The summed E-state index contributed by atoms with van der Waals surface area (Å²) in [5.41, 5.74) is 1.78. The van der Waals surface area contributed by atoms with E-state index in [0.29, 0.717) is 37.3 Å². The number of pyridine rings is 1. The third-order valence-electron chi connectivity index (χ3n) is 4.38. The van der Waals surface area contributed by atoms with E-state index in [1.54, 1.807) is 31.5 Å². The van der Waals surface area contributed by atoms with E-state index in [2.05, 4.69) is 15.2 Å². The minimum Gasteiger partial charge on any atom is -0.383 e. The van der Waals surface area contributed by atoms with Crippen molar-refractivity contribution < 1.29 is 14.3 Å². The summed E-state index contributed by atoms with van der Waals surface area (Å²) in [6, 6.07) is 13.6. The smallest absolute Gasteiger partial charge is 0.233 e. The average Bonchev–Trinajstić information content (AvgIpc) is 3.23. The number of hydrogen-bond donors (Lipinski definition) is 0. The molecule has 0 aliphatic heterocycles. The van der Waals surface area contributed by atoms with Crippen LogP contribution in [-0.4, -0.2) is 76.8 Å². The van der Waals surface area contributed by atoms with Gasteiger partial charge in [0.25, 0.3) is 0 Å². The van der Waals surface area contributed by atoms with Gasteiger partial charge in [0.2, 0.25) is 5.91 Å². The Hall–Kier alpha value is -2.75. The summed E-state index contributed by atoms with van der Waals surface area (Å²) >= 11 is 1.36. The maximum absolute atomic E-state index is 12.8. The van der Waals surface area contributed by atoms with Crippen LogP contribution >= 0.6 is 11.8 Å². The van der Waals surface area contributed by atoms with E-state index in [0.717, 1.165) is 11.3 Å². The molecule has 0 N–H and O–H groups in total. The molecule has 0 aliphatic carbocycles. The lowest BCUT2D eigenvalue weighted by molar-refractivity contribution is -0.129. The molecule has 3 aromatic rings. The van der Waals surface area contributed by atoms with Crippen LogP contribution in [0.4, 0.5) is 0 Å². The topological polar surface area (TPSA) is 82.4 Å². The number of carbonyl (C=O) groups excluding carboxylic acids is 1. The third-order valence-corrected chi connectivity index (χ3v) is 5.29. The van der Waals surface area contributed by atoms with E-state index in [1.807, 2.05) is 47.0 Å². The number of amides is 1. The van der Waals surface area contributed by atoms with E-state index in [4.69, 9.17) is 9.47 Å². The number of aromatic nitrogens is 4. The summed E-state index contributed by atoms with van der Waals surface area (Å²) in [6.45, 7) is 1.99. The van der Waals surface area contributed by atoms with Crippen LogP contribution in [0.2, 0.25) is 0 Å². The van der Waals surface area contributed by atoms with Gasteiger partial charge >= 0.3 is 0 Å². The van der Waals surface area contributed by atoms with E-state index >= 15 is 0 Å². The first-order valence-electron chi connectivity index (χ1n) is 9.54. The van der Waals surface area contributed by atoms with Crippen LogP contribution in [0, 0.1) is 0 Å². The number of methoxy groups -OCH3 is 2. The molecule has 0 fully saturated rings. The molecule has 0 radical (unpaired) electrons. The standard InChI is InChI=1S/C21H25N5O3S/c1-28-13-11-25(12-14-29-2)19(27)16-30-21-24-23-20(17-7-6-10-22-15-17)26(21)18-8-4-3-5-9-18/h3-10,15H,11-14,16H2,1-2H3. The average molecular weight is 428 g/mol. The number of benzene rings is 1. The summed E-state index contributed by atoms with van der Waals surface area (Å²) < 4.78 is 12.2. The lowest BCUT2D eigenvalue weighted by Gasteiger charge is -2.21. The van der Waals surface area contributed by atoms with E-state index in [9.17, 15) is 4.79 Å². The fourth-order valence-corrected chi connectivity index (χ4v) is 3.69. The summed E-state index contributed by atoms with van der Waals surface area (Å²) in [6.07, 6.45) is 3.47. The molecule has 0 atom stereocenters. The maximum Gasteiger partial charge on any atom is 0.233 e. The number of nitrogens with zero attached hydrogens (tertiary/aromatic N) is 5. The summed E-state index contributed by atoms with van der Waals surface area (Å²) in [7, 11) is 3.24. The van der Waals surface area contributed by atoms with Gasteiger partial charge in [-0.2, -0.15) is 0 Å². The van der Waals surface area contributed by atoms with Crippen molar-refractivity contribution in [1.29, 1.82) is 0 Å². The van der Waals surface area contributed by atoms with Crippen molar-refractivity contribution in [2.24, 2.45) is 0 Å². The highest BCUT2D eigenvalue weighted by Crippen LogP contribution is 2.27. The molecule has 158 valence electrons. The third kappa shape index (κ3) is 5.65. The zero-order valence-electron chi connectivity index (χ0n) is 17.1. The summed E-state index contributed by atoms with van der Waals surface area (Å²) in [4.78, 5) is 18.7. The van der Waals surface area contributed by atoms with Crippen LogP contribution in [0.25, 0.3) is 17.1 Å². The van der Waals surface area contributed by atoms with Gasteiger partial charge in [0, 0.05) is 51.0 Å². The molecule has 2 heterocycles. The molecule has 0 spiro atoms. The van der Waals surface area contributed by atoms with Crippen LogP contribution in [0.15, 0.2) is 60.0 Å². The van der Waals surface area contributed by atoms with Crippen LogP contribution in [-0.2, 0) is 14.3 Å². The first-order valence-corrected chi connectivity index (χ1v) is 10.5. The molecule has 8 nitrogen and oxygen atoms in total. The Morgan fingerprint density at radius 2 is 1.77 bits per heavy atom. The van der Waals surface area contributed by atoms with Crippen molar-refractivity contribution in [3.8, 4) is 17.1 Å². The van der Waals surface area contributed by atoms with E-state index < -0.39 is 0 Å². The fourth-order valence-electron chi connectivity index (χ4n) is 2.84. The molecular formula is C21H25N5O3S. The van der Waals surface area contributed by atoms with Crippen molar-refractivity contribution in [2.45, 2.75) is 5.16 Å².